The Balaban J connectivity index is 2.13. The number of hydrogen-bond donors (Lipinski definition) is 1. The topological polar surface area (TPSA) is 34.0 Å². The second-order valence-corrected chi connectivity index (χ2v) is 8.25. The van der Waals surface area contributed by atoms with Gasteiger partial charge in [-0.15, -0.1) is 6.58 Å². The van der Waals surface area contributed by atoms with E-state index in [1.54, 1.807) is 18.2 Å². The zero-order valence-electron chi connectivity index (χ0n) is 15.9. The summed E-state index contributed by atoms with van der Waals surface area (Å²) in [6, 6.07) is 9.39. The first-order valence-corrected chi connectivity index (χ1v) is 10.1. The number of amides is 1. The van der Waals surface area contributed by atoms with Gasteiger partial charge in [-0.2, -0.15) is 0 Å². The van der Waals surface area contributed by atoms with Crippen molar-refractivity contribution in [3.05, 3.63) is 74.9 Å². The van der Waals surface area contributed by atoms with E-state index in [-0.39, 0.29) is 16.0 Å². The Morgan fingerprint density at radius 1 is 1.18 bits per heavy atom. The summed E-state index contributed by atoms with van der Waals surface area (Å²) < 4.78 is 1.95. The molecule has 0 unspecified atom stereocenters. The Kier molecular flexibility index (Phi) is 6.09. The average molecular weight is 436 g/mol. The molecule has 3 aromatic rings. The third kappa shape index (κ3) is 3.80. The molecule has 0 spiro atoms. The van der Waals surface area contributed by atoms with Crippen LogP contribution in [0.2, 0.25) is 15.1 Å². The van der Waals surface area contributed by atoms with E-state index in [9.17, 15) is 4.79 Å². The molecule has 0 radical (unpaired) electrons. The summed E-state index contributed by atoms with van der Waals surface area (Å²) in [4.78, 5) is 13.2. The van der Waals surface area contributed by atoms with Crippen LogP contribution in [-0.2, 0) is 6.54 Å². The molecule has 0 saturated carbocycles. The van der Waals surface area contributed by atoms with E-state index in [0.717, 1.165) is 16.5 Å². The number of anilines is 1. The number of halogens is 3. The minimum Gasteiger partial charge on any atom is -0.332 e. The molecule has 0 aliphatic heterocycles. The molecule has 0 aliphatic carbocycles. The van der Waals surface area contributed by atoms with Crippen molar-refractivity contribution in [2.75, 3.05) is 5.32 Å². The quantitative estimate of drug-likeness (QED) is 0.414. The van der Waals surface area contributed by atoms with E-state index in [0.29, 0.717) is 28.9 Å². The van der Waals surface area contributed by atoms with Gasteiger partial charge in [0.25, 0.3) is 5.91 Å². The third-order valence-corrected chi connectivity index (χ3v) is 5.59. The second kappa shape index (κ2) is 8.20. The zero-order valence-corrected chi connectivity index (χ0v) is 18.2. The van der Waals surface area contributed by atoms with Crippen LogP contribution >= 0.6 is 34.8 Å². The molecule has 1 N–H and O–H groups in total. The number of carbonyl (C=O) groups is 1. The van der Waals surface area contributed by atoms with Gasteiger partial charge in [-0.25, -0.2) is 0 Å². The molecule has 0 bridgehead atoms. The van der Waals surface area contributed by atoms with Crippen LogP contribution in [0.4, 0.5) is 5.69 Å². The number of rotatable bonds is 5. The number of allylic oxidation sites excluding steroid dienone is 1. The van der Waals surface area contributed by atoms with Crippen LogP contribution in [0.1, 0.15) is 41.4 Å². The highest BCUT2D eigenvalue weighted by Gasteiger charge is 2.22. The molecule has 1 heterocycles. The van der Waals surface area contributed by atoms with Gasteiger partial charge in [0.1, 0.15) is 5.69 Å². The van der Waals surface area contributed by atoms with E-state index in [2.05, 4.69) is 43.9 Å². The van der Waals surface area contributed by atoms with Gasteiger partial charge < -0.3 is 9.88 Å². The maximum Gasteiger partial charge on any atom is 0.272 e. The minimum absolute atomic E-state index is 0.284. The highest BCUT2D eigenvalue weighted by molar-refractivity contribution is 6.42. The van der Waals surface area contributed by atoms with Gasteiger partial charge in [0.15, 0.2) is 0 Å². The molecule has 28 heavy (non-hydrogen) atoms. The normalized spacial score (nSPS) is 11.2. The largest absolute Gasteiger partial charge is 0.332 e. The monoisotopic (exact) mass is 434 g/mol. The van der Waals surface area contributed by atoms with E-state index in [1.165, 1.54) is 5.56 Å². The Bertz CT molecular complexity index is 1060. The summed E-state index contributed by atoms with van der Waals surface area (Å²) in [5.41, 5.74) is 4.01. The SMILES string of the molecule is C=CCn1c(C(=O)Nc2c(Cl)cc(Cl)cc2Cl)c(C)c2cc(C(C)C)ccc21. The number of benzene rings is 2. The van der Waals surface area contributed by atoms with Gasteiger partial charge in [0, 0.05) is 22.5 Å². The van der Waals surface area contributed by atoms with Gasteiger partial charge in [-0.05, 0) is 48.2 Å². The smallest absolute Gasteiger partial charge is 0.272 e. The van der Waals surface area contributed by atoms with Crippen LogP contribution in [0.25, 0.3) is 10.9 Å². The second-order valence-electron chi connectivity index (χ2n) is 7.00. The molecular formula is C22H21Cl3N2O. The highest BCUT2D eigenvalue weighted by Crippen LogP contribution is 2.35. The lowest BCUT2D eigenvalue weighted by Gasteiger charge is -2.13. The Morgan fingerprint density at radius 3 is 2.39 bits per heavy atom. The number of aryl methyl sites for hydroxylation is 1. The van der Waals surface area contributed by atoms with Crippen molar-refractivity contribution >= 4 is 57.3 Å². The molecule has 0 saturated heterocycles. The molecule has 0 fully saturated rings. The first-order valence-electron chi connectivity index (χ1n) is 8.94. The van der Waals surface area contributed by atoms with Gasteiger partial charge in [0.2, 0.25) is 0 Å². The number of aromatic nitrogens is 1. The third-order valence-electron chi connectivity index (χ3n) is 4.78. The predicted molar refractivity (Wildman–Crippen MR) is 120 cm³/mol. The molecule has 3 rings (SSSR count). The number of fused-ring (bicyclic) bond motifs is 1. The maximum atomic E-state index is 13.2. The van der Waals surface area contributed by atoms with E-state index in [4.69, 9.17) is 34.8 Å². The summed E-state index contributed by atoms with van der Waals surface area (Å²) in [7, 11) is 0. The van der Waals surface area contributed by atoms with Gasteiger partial charge in [-0.3, -0.25) is 4.79 Å². The highest BCUT2D eigenvalue weighted by atomic mass is 35.5. The fourth-order valence-electron chi connectivity index (χ4n) is 3.34. The Hall–Kier alpha value is -1.94. The average Bonchev–Trinajstić information content (AvgIpc) is 2.90. The molecule has 1 amide bonds. The van der Waals surface area contributed by atoms with Gasteiger partial charge in [0.05, 0.1) is 15.7 Å². The molecule has 0 aliphatic rings. The molecular weight excluding hydrogens is 415 g/mol. The van der Waals surface area contributed by atoms with Crippen LogP contribution in [-0.4, -0.2) is 10.5 Å². The van der Waals surface area contributed by atoms with E-state index in [1.807, 2.05) is 11.5 Å². The number of nitrogens with zero attached hydrogens (tertiary/aromatic N) is 1. The van der Waals surface area contributed by atoms with E-state index >= 15 is 0 Å². The lowest BCUT2D eigenvalue weighted by molar-refractivity contribution is 0.101. The van der Waals surface area contributed by atoms with Crippen molar-refractivity contribution in [3.8, 4) is 0 Å². The predicted octanol–water partition coefficient (Wildman–Crippen LogP) is 7.47. The first-order chi connectivity index (χ1) is 13.2. The Morgan fingerprint density at radius 2 is 1.82 bits per heavy atom. The van der Waals surface area contributed by atoms with Crippen molar-refractivity contribution < 1.29 is 4.79 Å². The molecule has 0 atom stereocenters. The fraction of sp³-hybridized carbons (Fsp3) is 0.227. The minimum atomic E-state index is -0.284. The Labute approximate surface area is 179 Å². The van der Waals surface area contributed by atoms with Crippen LogP contribution < -0.4 is 5.32 Å². The summed E-state index contributed by atoms with van der Waals surface area (Å²) >= 11 is 18.4. The van der Waals surface area contributed by atoms with Gasteiger partial charge >= 0.3 is 0 Å². The van der Waals surface area contributed by atoms with Crippen LogP contribution in [0.5, 0.6) is 0 Å². The van der Waals surface area contributed by atoms with Crippen molar-refractivity contribution in [2.24, 2.45) is 0 Å². The summed E-state index contributed by atoms with van der Waals surface area (Å²) in [6.45, 7) is 10.6. The number of hydrogen-bond acceptors (Lipinski definition) is 1. The van der Waals surface area contributed by atoms with Crippen molar-refractivity contribution in [1.29, 1.82) is 0 Å². The molecule has 3 nitrogen and oxygen atoms in total. The van der Waals surface area contributed by atoms with Crippen LogP contribution in [0.3, 0.4) is 0 Å². The summed E-state index contributed by atoms with van der Waals surface area (Å²) in [5, 5.41) is 4.88. The zero-order chi connectivity index (χ0) is 20.6. The standard InChI is InChI=1S/C22H21Cl3N2O/c1-5-8-27-19-7-6-14(12(2)3)9-16(19)13(4)21(27)22(28)26-20-17(24)10-15(23)11-18(20)25/h5-7,9-12H,1,8H2,2-4H3,(H,26,28). The molecule has 2 aromatic carbocycles. The lowest BCUT2D eigenvalue weighted by atomic mass is 10.0. The maximum absolute atomic E-state index is 13.2. The summed E-state index contributed by atoms with van der Waals surface area (Å²) in [6.07, 6.45) is 1.77. The number of nitrogens with one attached hydrogen (secondary N) is 1. The molecule has 146 valence electrons. The van der Waals surface area contributed by atoms with Crippen LogP contribution in [0.15, 0.2) is 43.0 Å². The van der Waals surface area contributed by atoms with Crippen molar-refractivity contribution in [1.82, 2.24) is 4.57 Å². The first kappa shape index (κ1) is 20.8. The number of carbonyl (C=O) groups excluding carboxylic acids is 1. The summed E-state index contributed by atoms with van der Waals surface area (Å²) in [5.74, 6) is 0.114. The van der Waals surface area contributed by atoms with Crippen molar-refractivity contribution in [2.45, 2.75) is 33.2 Å². The lowest BCUT2D eigenvalue weighted by Crippen LogP contribution is -2.18. The fourth-order valence-corrected chi connectivity index (χ4v) is 4.26. The van der Waals surface area contributed by atoms with Crippen molar-refractivity contribution in [3.63, 3.8) is 0 Å². The van der Waals surface area contributed by atoms with Crippen LogP contribution in [0, 0.1) is 6.92 Å². The molecule has 6 heteroatoms. The van der Waals surface area contributed by atoms with E-state index < -0.39 is 0 Å². The molecule has 1 aromatic heterocycles. The van der Waals surface area contributed by atoms with Gasteiger partial charge in [-0.1, -0.05) is 60.8 Å².